The Hall–Kier alpha value is -1.40. The molecule has 1 spiro atoms. The molecule has 2 saturated heterocycles. The third-order valence-electron chi connectivity index (χ3n) is 3.91. The van der Waals surface area contributed by atoms with Crippen molar-refractivity contribution in [3.63, 3.8) is 0 Å². The van der Waals surface area contributed by atoms with Crippen molar-refractivity contribution in [1.29, 1.82) is 0 Å². The summed E-state index contributed by atoms with van der Waals surface area (Å²) < 4.78 is 11.3. The molecule has 0 aliphatic carbocycles. The Morgan fingerprint density at radius 3 is 2.50 bits per heavy atom. The number of aromatic nitrogens is 2. The van der Waals surface area contributed by atoms with Crippen molar-refractivity contribution in [2.75, 3.05) is 13.1 Å². The van der Waals surface area contributed by atoms with Gasteiger partial charge in [0.05, 0.1) is 5.02 Å². The number of carbonyl (C=O) groups is 1. The van der Waals surface area contributed by atoms with Crippen LogP contribution in [0.2, 0.25) is 5.02 Å². The zero-order chi connectivity index (χ0) is 16.0. The normalized spacial score (nSPS) is 23.5. The van der Waals surface area contributed by atoms with Crippen molar-refractivity contribution in [3.05, 3.63) is 23.2 Å². The second kappa shape index (κ2) is 5.35. The molecule has 1 aromatic heterocycles. The van der Waals surface area contributed by atoms with E-state index in [-0.39, 0.29) is 17.8 Å². The van der Waals surface area contributed by atoms with E-state index in [0.717, 1.165) is 12.8 Å². The first-order valence-electron chi connectivity index (χ1n) is 7.42. The molecule has 1 unspecified atom stereocenters. The largest absolute Gasteiger partial charge is 0.444 e. The average Bonchev–Trinajstić information content (AvgIpc) is 3.12. The number of amides is 1. The summed E-state index contributed by atoms with van der Waals surface area (Å²) in [4.78, 5) is 22.2. The average molecular weight is 326 g/mol. The van der Waals surface area contributed by atoms with Crippen molar-refractivity contribution < 1.29 is 14.3 Å². The van der Waals surface area contributed by atoms with Gasteiger partial charge >= 0.3 is 6.09 Å². The Balaban J connectivity index is 1.57. The zero-order valence-corrected chi connectivity index (χ0v) is 13.8. The van der Waals surface area contributed by atoms with Gasteiger partial charge in [-0.15, -0.1) is 0 Å². The fraction of sp³-hybridized carbons (Fsp3) is 0.667. The van der Waals surface area contributed by atoms with Crippen LogP contribution in [0.1, 0.15) is 45.5 Å². The molecule has 2 aliphatic rings. The molecule has 0 radical (unpaired) electrons. The number of epoxide rings is 1. The predicted molar refractivity (Wildman–Crippen MR) is 80.6 cm³/mol. The summed E-state index contributed by atoms with van der Waals surface area (Å²) in [5.74, 6) is 0.662. The molecule has 0 bridgehead atoms. The van der Waals surface area contributed by atoms with Gasteiger partial charge in [0.2, 0.25) is 0 Å². The van der Waals surface area contributed by atoms with Gasteiger partial charge in [-0.1, -0.05) is 11.6 Å². The van der Waals surface area contributed by atoms with E-state index in [0.29, 0.717) is 23.9 Å². The lowest BCUT2D eigenvalue weighted by Gasteiger charge is -2.32. The monoisotopic (exact) mass is 325 g/mol. The van der Waals surface area contributed by atoms with Crippen LogP contribution in [-0.4, -0.2) is 45.3 Å². The molecule has 7 heteroatoms. The first-order chi connectivity index (χ1) is 10.3. The van der Waals surface area contributed by atoms with Gasteiger partial charge < -0.3 is 14.4 Å². The van der Waals surface area contributed by atoms with Gasteiger partial charge in [-0.2, -0.15) is 0 Å². The number of likely N-dealkylation sites (tertiary alicyclic amines) is 1. The second-order valence-corrected chi connectivity index (χ2v) is 7.23. The van der Waals surface area contributed by atoms with Crippen LogP contribution in [0.3, 0.4) is 0 Å². The predicted octanol–water partition coefficient (Wildman–Crippen LogP) is 2.97. The minimum Gasteiger partial charge on any atom is -0.444 e. The molecular formula is C15H20ClN3O3. The van der Waals surface area contributed by atoms with Crippen LogP contribution < -0.4 is 0 Å². The molecule has 2 aliphatic heterocycles. The Labute approximate surface area is 134 Å². The standard InChI is InChI=1S/C15H20ClN3O3/c1-14(2,3)22-13(20)19-6-4-15(5-7-19)11(21-15)12-17-8-10(16)9-18-12/h8-9,11H,4-7H2,1-3H3. The summed E-state index contributed by atoms with van der Waals surface area (Å²) in [6.45, 7) is 6.86. The van der Waals surface area contributed by atoms with E-state index in [9.17, 15) is 4.79 Å². The van der Waals surface area contributed by atoms with Gasteiger partial charge in [0.15, 0.2) is 5.82 Å². The fourth-order valence-corrected chi connectivity index (χ4v) is 2.82. The van der Waals surface area contributed by atoms with Crippen molar-refractivity contribution in [1.82, 2.24) is 14.9 Å². The Morgan fingerprint density at radius 1 is 1.36 bits per heavy atom. The maximum atomic E-state index is 12.1. The van der Waals surface area contributed by atoms with Crippen LogP contribution in [0.15, 0.2) is 12.4 Å². The maximum Gasteiger partial charge on any atom is 0.410 e. The summed E-state index contributed by atoms with van der Waals surface area (Å²) in [6.07, 6.45) is 4.34. The number of piperidine rings is 1. The molecule has 1 amide bonds. The highest BCUT2D eigenvalue weighted by atomic mass is 35.5. The third kappa shape index (κ3) is 3.17. The Kier molecular flexibility index (Phi) is 3.77. The van der Waals surface area contributed by atoms with Crippen LogP contribution in [0.4, 0.5) is 4.79 Å². The Bertz CT molecular complexity index is 562. The maximum absolute atomic E-state index is 12.1. The minimum atomic E-state index is -0.470. The SMILES string of the molecule is CC(C)(C)OC(=O)N1CCC2(CC1)OC2c1ncc(Cl)cn1. The Morgan fingerprint density at radius 2 is 1.95 bits per heavy atom. The summed E-state index contributed by atoms with van der Waals surface area (Å²) >= 11 is 5.80. The van der Waals surface area contributed by atoms with Gasteiger partial charge in [0.25, 0.3) is 0 Å². The minimum absolute atomic E-state index is 0.0921. The quantitative estimate of drug-likeness (QED) is 0.742. The van der Waals surface area contributed by atoms with Crippen molar-refractivity contribution >= 4 is 17.7 Å². The fourth-order valence-electron chi connectivity index (χ4n) is 2.72. The molecule has 3 rings (SSSR count). The van der Waals surface area contributed by atoms with E-state index in [2.05, 4.69) is 9.97 Å². The molecular weight excluding hydrogens is 306 g/mol. The number of carbonyl (C=O) groups excluding carboxylic acids is 1. The molecule has 22 heavy (non-hydrogen) atoms. The number of hydrogen-bond donors (Lipinski definition) is 0. The van der Waals surface area contributed by atoms with Crippen LogP contribution >= 0.6 is 11.6 Å². The molecule has 0 aromatic carbocycles. The lowest BCUT2D eigenvalue weighted by atomic mass is 9.93. The highest BCUT2D eigenvalue weighted by Crippen LogP contribution is 2.54. The first kappa shape index (κ1) is 15.5. The molecule has 3 heterocycles. The summed E-state index contributed by atoms with van der Waals surface area (Å²) in [5.41, 5.74) is -0.700. The van der Waals surface area contributed by atoms with Gasteiger partial charge in [0.1, 0.15) is 17.3 Å². The van der Waals surface area contributed by atoms with Gasteiger partial charge in [-0.25, -0.2) is 14.8 Å². The van der Waals surface area contributed by atoms with E-state index in [1.165, 1.54) is 0 Å². The van der Waals surface area contributed by atoms with Gasteiger partial charge in [0, 0.05) is 25.5 Å². The zero-order valence-electron chi connectivity index (χ0n) is 13.0. The molecule has 2 fully saturated rings. The molecule has 120 valence electrons. The van der Waals surface area contributed by atoms with Crippen molar-refractivity contribution in [2.45, 2.75) is 50.9 Å². The third-order valence-corrected chi connectivity index (χ3v) is 4.10. The molecule has 1 aromatic rings. The first-order valence-corrected chi connectivity index (χ1v) is 7.80. The van der Waals surface area contributed by atoms with Crippen molar-refractivity contribution in [3.8, 4) is 0 Å². The number of nitrogens with zero attached hydrogens (tertiary/aromatic N) is 3. The van der Waals surface area contributed by atoms with Crippen molar-refractivity contribution in [2.24, 2.45) is 0 Å². The summed E-state index contributed by atoms with van der Waals surface area (Å²) in [5, 5.41) is 0.512. The van der Waals surface area contributed by atoms with Crippen LogP contribution in [0.25, 0.3) is 0 Å². The lowest BCUT2D eigenvalue weighted by molar-refractivity contribution is 0.0165. The van der Waals surface area contributed by atoms with Gasteiger partial charge in [-0.3, -0.25) is 0 Å². The van der Waals surface area contributed by atoms with E-state index in [1.54, 1.807) is 17.3 Å². The molecule has 1 atom stereocenters. The topological polar surface area (TPSA) is 67.8 Å². The second-order valence-electron chi connectivity index (χ2n) is 6.79. The molecule has 0 saturated carbocycles. The number of halogens is 1. The highest BCUT2D eigenvalue weighted by molar-refractivity contribution is 6.30. The van der Waals surface area contributed by atoms with E-state index in [1.807, 2.05) is 20.8 Å². The number of ether oxygens (including phenoxy) is 2. The van der Waals surface area contributed by atoms with E-state index < -0.39 is 5.60 Å². The van der Waals surface area contributed by atoms with Crippen LogP contribution in [0, 0.1) is 0 Å². The molecule has 6 nitrogen and oxygen atoms in total. The number of hydrogen-bond acceptors (Lipinski definition) is 5. The van der Waals surface area contributed by atoms with Crippen LogP contribution in [-0.2, 0) is 9.47 Å². The lowest BCUT2D eigenvalue weighted by Crippen LogP contribution is -2.44. The van der Waals surface area contributed by atoms with Gasteiger partial charge in [-0.05, 0) is 33.6 Å². The summed E-state index contributed by atoms with van der Waals surface area (Å²) in [7, 11) is 0. The highest BCUT2D eigenvalue weighted by Gasteiger charge is 2.60. The van der Waals surface area contributed by atoms with E-state index >= 15 is 0 Å². The molecule has 0 N–H and O–H groups in total. The smallest absolute Gasteiger partial charge is 0.410 e. The number of rotatable bonds is 1. The van der Waals surface area contributed by atoms with E-state index in [4.69, 9.17) is 21.1 Å². The van der Waals surface area contributed by atoms with Crippen LogP contribution in [0.5, 0.6) is 0 Å². The summed E-state index contributed by atoms with van der Waals surface area (Å²) in [6, 6.07) is 0.